The Kier molecular flexibility index (Phi) is 5.39. The second kappa shape index (κ2) is 7.06. The Morgan fingerprint density at radius 3 is 2.75 bits per heavy atom. The summed E-state index contributed by atoms with van der Waals surface area (Å²) in [4.78, 5) is 16.4. The van der Waals surface area contributed by atoms with Crippen LogP contribution in [0.1, 0.15) is 16.8 Å². The van der Waals surface area contributed by atoms with Crippen LogP contribution in [0, 0.1) is 0 Å². The Morgan fingerprint density at radius 2 is 2.05 bits per heavy atom. The molecule has 1 heterocycles. The zero-order valence-electron chi connectivity index (χ0n) is 11.3. The van der Waals surface area contributed by atoms with Crippen LogP contribution in [0.15, 0.2) is 22.7 Å². The van der Waals surface area contributed by atoms with E-state index in [4.69, 9.17) is 5.11 Å². The lowest BCUT2D eigenvalue weighted by atomic mass is 10.2. The Morgan fingerprint density at radius 1 is 1.25 bits per heavy atom. The second-order valence-electron chi connectivity index (χ2n) is 4.88. The van der Waals surface area contributed by atoms with Gasteiger partial charge in [-0.3, -0.25) is 9.69 Å². The van der Waals surface area contributed by atoms with Crippen LogP contribution in [0.3, 0.4) is 0 Å². The van der Waals surface area contributed by atoms with Crippen LogP contribution in [0.25, 0.3) is 0 Å². The van der Waals surface area contributed by atoms with Gasteiger partial charge in [-0.1, -0.05) is 0 Å². The predicted octanol–water partition coefficient (Wildman–Crippen LogP) is 1.29. The number of aliphatic hydroxyl groups excluding tert-OH is 1. The summed E-state index contributed by atoms with van der Waals surface area (Å²) in [5.41, 5.74) is 0.501. The topological polar surface area (TPSA) is 64.0 Å². The Labute approximate surface area is 126 Å². The molecule has 0 aliphatic carbocycles. The molecule has 0 spiro atoms. The molecule has 1 fully saturated rings. The quantitative estimate of drug-likeness (QED) is 0.868. The van der Waals surface area contributed by atoms with E-state index in [1.54, 1.807) is 17.0 Å². The molecule has 20 heavy (non-hydrogen) atoms. The van der Waals surface area contributed by atoms with E-state index in [1.807, 2.05) is 0 Å². The van der Waals surface area contributed by atoms with Gasteiger partial charge in [0, 0.05) is 31.7 Å². The first-order valence-corrected chi connectivity index (χ1v) is 7.52. The molecular weight excluding hydrogens is 324 g/mol. The van der Waals surface area contributed by atoms with Crippen molar-refractivity contribution in [2.24, 2.45) is 0 Å². The van der Waals surface area contributed by atoms with E-state index >= 15 is 0 Å². The molecule has 0 unspecified atom stereocenters. The second-order valence-corrected chi connectivity index (χ2v) is 5.73. The highest BCUT2D eigenvalue weighted by molar-refractivity contribution is 9.10. The lowest BCUT2D eigenvalue weighted by Crippen LogP contribution is -2.35. The number of hydrogen-bond acceptors (Lipinski definition) is 4. The van der Waals surface area contributed by atoms with Gasteiger partial charge in [0.2, 0.25) is 0 Å². The molecular formula is C14H19BrN2O3. The van der Waals surface area contributed by atoms with Crippen LogP contribution in [0.4, 0.5) is 0 Å². The van der Waals surface area contributed by atoms with Crippen LogP contribution in [0.5, 0.6) is 5.75 Å². The fourth-order valence-electron chi connectivity index (χ4n) is 2.37. The molecule has 0 atom stereocenters. The molecule has 110 valence electrons. The molecule has 5 nitrogen and oxygen atoms in total. The van der Waals surface area contributed by atoms with E-state index in [0.29, 0.717) is 29.7 Å². The van der Waals surface area contributed by atoms with Crippen molar-refractivity contribution < 1.29 is 15.0 Å². The summed E-state index contributed by atoms with van der Waals surface area (Å²) < 4.78 is 0.582. The summed E-state index contributed by atoms with van der Waals surface area (Å²) in [6.07, 6.45) is 0.897. The molecule has 1 amide bonds. The van der Waals surface area contributed by atoms with E-state index in [9.17, 15) is 9.90 Å². The molecule has 0 radical (unpaired) electrons. The number of hydrogen-bond donors (Lipinski definition) is 2. The van der Waals surface area contributed by atoms with Crippen molar-refractivity contribution in [2.75, 3.05) is 39.3 Å². The highest BCUT2D eigenvalue weighted by Gasteiger charge is 2.20. The number of nitrogens with zero attached hydrogens (tertiary/aromatic N) is 2. The minimum atomic E-state index is -0.0568. The fourth-order valence-corrected chi connectivity index (χ4v) is 2.61. The largest absolute Gasteiger partial charge is 0.507 e. The fraction of sp³-hybridized carbons (Fsp3) is 0.500. The average molecular weight is 343 g/mol. The molecule has 0 bridgehead atoms. The van der Waals surface area contributed by atoms with Gasteiger partial charge >= 0.3 is 0 Å². The maximum absolute atomic E-state index is 12.4. The molecule has 2 rings (SSSR count). The summed E-state index contributed by atoms with van der Waals surface area (Å²) in [5, 5.41) is 18.6. The summed E-state index contributed by atoms with van der Waals surface area (Å²) >= 11 is 3.21. The first kappa shape index (κ1) is 15.3. The Bertz CT molecular complexity index is 481. The van der Waals surface area contributed by atoms with Gasteiger partial charge in [0.15, 0.2) is 0 Å². The minimum absolute atomic E-state index is 0.0568. The summed E-state index contributed by atoms with van der Waals surface area (Å²) in [6.45, 7) is 3.83. The van der Waals surface area contributed by atoms with E-state index < -0.39 is 0 Å². The predicted molar refractivity (Wildman–Crippen MR) is 79.9 cm³/mol. The molecule has 0 aromatic heterocycles. The van der Waals surface area contributed by atoms with Crippen molar-refractivity contribution in [2.45, 2.75) is 6.42 Å². The number of aromatic hydroxyl groups is 1. The number of aliphatic hydroxyl groups is 1. The zero-order valence-corrected chi connectivity index (χ0v) is 12.8. The maximum atomic E-state index is 12.4. The number of carbonyl (C=O) groups is 1. The van der Waals surface area contributed by atoms with E-state index in [2.05, 4.69) is 20.8 Å². The number of rotatable bonds is 3. The molecule has 1 aromatic carbocycles. The van der Waals surface area contributed by atoms with Crippen molar-refractivity contribution in [3.8, 4) is 5.75 Å². The first-order valence-electron chi connectivity index (χ1n) is 6.73. The van der Waals surface area contributed by atoms with E-state index in [1.165, 1.54) is 6.07 Å². The highest BCUT2D eigenvalue weighted by Crippen LogP contribution is 2.25. The van der Waals surface area contributed by atoms with Gasteiger partial charge in [-0.15, -0.1) is 0 Å². The SMILES string of the molecule is O=C(c1ccc(Br)c(O)c1)N1CCCN(CCO)CC1. The van der Waals surface area contributed by atoms with Gasteiger partial charge in [0.1, 0.15) is 5.75 Å². The smallest absolute Gasteiger partial charge is 0.254 e. The summed E-state index contributed by atoms with van der Waals surface area (Å²) in [5.74, 6) is 0.0197. The van der Waals surface area contributed by atoms with Gasteiger partial charge in [-0.2, -0.15) is 0 Å². The van der Waals surface area contributed by atoms with Crippen molar-refractivity contribution in [3.63, 3.8) is 0 Å². The Balaban J connectivity index is 2.03. The third-order valence-corrected chi connectivity index (χ3v) is 4.16. The van der Waals surface area contributed by atoms with Gasteiger partial charge in [0.05, 0.1) is 11.1 Å². The van der Waals surface area contributed by atoms with Crippen molar-refractivity contribution >= 4 is 21.8 Å². The lowest BCUT2D eigenvalue weighted by molar-refractivity contribution is 0.0760. The average Bonchev–Trinajstić information content (AvgIpc) is 2.67. The standard InChI is InChI=1S/C14H19BrN2O3/c15-12-3-2-11(10-13(12)19)14(20)17-5-1-4-16(6-7-17)8-9-18/h2-3,10,18-19H,1,4-9H2. The number of phenolic OH excluding ortho intramolecular Hbond substituents is 1. The van der Waals surface area contributed by atoms with Crippen molar-refractivity contribution in [3.05, 3.63) is 28.2 Å². The third kappa shape index (κ3) is 3.71. The van der Waals surface area contributed by atoms with Crippen LogP contribution < -0.4 is 0 Å². The molecule has 1 aromatic rings. The Hall–Kier alpha value is -1.11. The van der Waals surface area contributed by atoms with E-state index in [-0.39, 0.29) is 18.3 Å². The van der Waals surface area contributed by atoms with Crippen LogP contribution >= 0.6 is 15.9 Å². The number of amides is 1. The van der Waals surface area contributed by atoms with Crippen LogP contribution in [-0.2, 0) is 0 Å². The van der Waals surface area contributed by atoms with E-state index in [0.717, 1.165) is 19.5 Å². The molecule has 1 aliphatic rings. The van der Waals surface area contributed by atoms with Crippen molar-refractivity contribution in [1.29, 1.82) is 0 Å². The van der Waals surface area contributed by atoms with Gasteiger partial charge in [0.25, 0.3) is 5.91 Å². The normalized spacial score (nSPS) is 17.0. The van der Waals surface area contributed by atoms with Crippen LogP contribution in [0.2, 0.25) is 0 Å². The molecule has 2 N–H and O–H groups in total. The zero-order chi connectivity index (χ0) is 14.5. The molecule has 6 heteroatoms. The van der Waals surface area contributed by atoms with Crippen molar-refractivity contribution in [1.82, 2.24) is 9.80 Å². The summed E-state index contributed by atoms with van der Waals surface area (Å²) in [6, 6.07) is 4.88. The first-order chi connectivity index (χ1) is 9.61. The number of benzene rings is 1. The maximum Gasteiger partial charge on any atom is 0.254 e. The number of halogens is 1. The number of phenols is 1. The third-order valence-electron chi connectivity index (χ3n) is 3.49. The van der Waals surface area contributed by atoms with Gasteiger partial charge in [-0.05, 0) is 47.1 Å². The monoisotopic (exact) mass is 342 g/mol. The highest BCUT2D eigenvalue weighted by atomic mass is 79.9. The van der Waals surface area contributed by atoms with Gasteiger partial charge in [-0.25, -0.2) is 0 Å². The van der Waals surface area contributed by atoms with Crippen LogP contribution in [-0.4, -0.2) is 65.3 Å². The lowest BCUT2D eigenvalue weighted by Gasteiger charge is -2.21. The summed E-state index contributed by atoms with van der Waals surface area (Å²) in [7, 11) is 0. The molecule has 0 saturated carbocycles. The number of β-amino-alcohol motifs (C(OH)–C–C–N with tert-alkyl or cyclic N) is 1. The minimum Gasteiger partial charge on any atom is -0.507 e. The van der Waals surface area contributed by atoms with Gasteiger partial charge < -0.3 is 15.1 Å². The molecule has 1 aliphatic heterocycles. The molecule has 1 saturated heterocycles. The number of carbonyl (C=O) groups excluding carboxylic acids is 1.